The van der Waals surface area contributed by atoms with Crippen molar-refractivity contribution in [2.45, 2.75) is 19.4 Å². The normalized spacial score (nSPS) is 18.4. The number of aliphatic hydroxyl groups excluding tert-OH is 1. The zero-order chi connectivity index (χ0) is 11.0. The second-order valence-electron chi connectivity index (χ2n) is 3.59. The first-order valence-electron chi connectivity index (χ1n) is 4.68. The summed E-state index contributed by atoms with van der Waals surface area (Å²) >= 11 is 0. The molecule has 80 valence electrons. The van der Waals surface area contributed by atoms with E-state index in [1.165, 1.54) is 6.07 Å². The molecule has 0 bridgehead atoms. The first kappa shape index (κ1) is 9.92. The summed E-state index contributed by atoms with van der Waals surface area (Å²) in [7, 11) is 0. The number of benzene rings is 1. The summed E-state index contributed by atoms with van der Waals surface area (Å²) in [4.78, 5) is 10.3. The van der Waals surface area contributed by atoms with E-state index in [-0.39, 0.29) is 18.4 Å². The van der Waals surface area contributed by atoms with E-state index in [0.717, 1.165) is 11.1 Å². The van der Waals surface area contributed by atoms with Crippen LogP contribution in [0.4, 0.5) is 5.69 Å². The molecule has 1 heterocycles. The highest BCUT2D eigenvalue weighted by Crippen LogP contribution is 2.39. The minimum Gasteiger partial charge on any atom is -0.480 e. The summed E-state index contributed by atoms with van der Waals surface area (Å²) in [6.45, 7) is 1.76. The summed E-state index contributed by atoms with van der Waals surface area (Å²) in [6.07, 6.45) is 0.194. The Morgan fingerprint density at radius 1 is 1.67 bits per heavy atom. The van der Waals surface area contributed by atoms with Crippen LogP contribution in [0.15, 0.2) is 12.1 Å². The van der Waals surface area contributed by atoms with Crippen molar-refractivity contribution in [2.75, 3.05) is 6.61 Å². The zero-order valence-electron chi connectivity index (χ0n) is 8.27. The highest BCUT2D eigenvalue weighted by atomic mass is 16.6. The van der Waals surface area contributed by atoms with Crippen molar-refractivity contribution >= 4 is 5.69 Å². The molecule has 1 N–H and O–H groups in total. The van der Waals surface area contributed by atoms with Crippen LogP contribution in [0.5, 0.6) is 5.75 Å². The molecule has 1 unspecified atom stereocenters. The fourth-order valence-corrected chi connectivity index (χ4v) is 1.78. The Balaban J connectivity index is 2.49. The number of hydrogen-bond acceptors (Lipinski definition) is 4. The van der Waals surface area contributed by atoms with Crippen LogP contribution in [0, 0.1) is 17.0 Å². The van der Waals surface area contributed by atoms with Crippen molar-refractivity contribution in [3.63, 3.8) is 0 Å². The van der Waals surface area contributed by atoms with Crippen LogP contribution in [0.3, 0.4) is 0 Å². The third kappa shape index (κ3) is 1.55. The van der Waals surface area contributed by atoms with Gasteiger partial charge in [0.05, 0.1) is 11.5 Å². The lowest BCUT2D eigenvalue weighted by Gasteiger charge is -2.05. The molecule has 2 rings (SSSR count). The van der Waals surface area contributed by atoms with Gasteiger partial charge in [0.15, 0.2) is 0 Å². The van der Waals surface area contributed by atoms with Gasteiger partial charge in [-0.25, -0.2) is 0 Å². The van der Waals surface area contributed by atoms with Gasteiger partial charge < -0.3 is 9.84 Å². The Labute approximate surface area is 86.4 Å². The zero-order valence-corrected chi connectivity index (χ0v) is 8.27. The summed E-state index contributed by atoms with van der Waals surface area (Å²) in [6, 6.07) is 3.15. The molecule has 1 aliphatic heterocycles. The standard InChI is InChI=1S/C10H11NO4/c1-6-2-3-9(11(13)14)10-8(6)4-7(5-12)15-10/h2-3,7,12H,4-5H2,1H3. The monoisotopic (exact) mass is 209 g/mol. The fraction of sp³-hybridized carbons (Fsp3) is 0.400. The maximum atomic E-state index is 10.7. The fourth-order valence-electron chi connectivity index (χ4n) is 1.78. The molecule has 0 fully saturated rings. The molecule has 0 radical (unpaired) electrons. The number of nitrogens with zero attached hydrogens (tertiary/aromatic N) is 1. The quantitative estimate of drug-likeness (QED) is 0.586. The van der Waals surface area contributed by atoms with Crippen LogP contribution in [-0.2, 0) is 6.42 Å². The molecule has 1 atom stereocenters. The van der Waals surface area contributed by atoms with Crippen LogP contribution in [0.1, 0.15) is 11.1 Å². The number of ether oxygens (including phenoxy) is 1. The van der Waals surface area contributed by atoms with Crippen molar-refractivity contribution < 1.29 is 14.8 Å². The third-order valence-electron chi connectivity index (χ3n) is 2.59. The molecule has 0 aliphatic carbocycles. The van der Waals surface area contributed by atoms with Gasteiger partial charge in [-0.2, -0.15) is 0 Å². The predicted molar refractivity (Wildman–Crippen MR) is 53.0 cm³/mol. The van der Waals surface area contributed by atoms with Crippen molar-refractivity contribution in [3.8, 4) is 5.75 Å². The van der Waals surface area contributed by atoms with Crippen molar-refractivity contribution in [3.05, 3.63) is 33.4 Å². The van der Waals surface area contributed by atoms with Crippen molar-refractivity contribution in [1.82, 2.24) is 0 Å². The molecule has 15 heavy (non-hydrogen) atoms. The molecule has 1 aromatic rings. The second-order valence-corrected chi connectivity index (χ2v) is 3.59. The number of aliphatic hydroxyl groups is 1. The van der Waals surface area contributed by atoms with Gasteiger partial charge >= 0.3 is 5.69 Å². The first-order valence-corrected chi connectivity index (χ1v) is 4.68. The van der Waals surface area contributed by atoms with E-state index in [1.807, 2.05) is 6.92 Å². The lowest BCUT2D eigenvalue weighted by Crippen LogP contribution is -2.17. The van der Waals surface area contributed by atoms with Gasteiger partial charge in [-0.3, -0.25) is 10.1 Å². The summed E-state index contributed by atoms with van der Waals surface area (Å²) in [5.74, 6) is 0.319. The summed E-state index contributed by atoms with van der Waals surface area (Å²) in [5, 5.41) is 19.7. The average molecular weight is 209 g/mol. The Morgan fingerprint density at radius 3 is 3.00 bits per heavy atom. The minimum atomic E-state index is -0.460. The average Bonchev–Trinajstić information content (AvgIpc) is 2.62. The van der Waals surface area contributed by atoms with E-state index in [0.29, 0.717) is 12.2 Å². The van der Waals surface area contributed by atoms with Gasteiger partial charge in [0.1, 0.15) is 6.10 Å². The highest BCUT2D eigenvalue weighted by molar-refractivity contribution is 5.57. The third-order valence-corrected chi connectivity index (χ3v) is 2.59. The minimum absolute atomic E-state index is 0.0217. The van der Waals surface area contributed by atoms with Crippen LogP contribution < -0.4 is 4.74 Å². The Hall–Kier alpha value is -1.62. The van der Waals surface area contributed by atoms with E-state index < -0.39 is 4.92 Å². The van der Waals surface area contributed by atoms with E-state index in [4.69, 9.17) is 9.84 Å². The van der Waals surface area contributed by atoms with Crippen LogP contribution in [-0.4, -0.2) is 22.7 Å². The lowest BCUT2D eigenvalue weighted by atomic mass is 10.0. The van der Waals surface area contributed by atoms with E-state index >= 15 is 0 Å². The van der Waals surface area contributed by atoms with Crippen molar-refractivity contribution in [1.29, 1.82) is 0 Å². The largest absolute Gasteiger partial charge is 0.480 e. The molecule has 0 aromatic heterocycles. The number of fused-ring (bicyclic) bond motifs is 1. The van der Waals surface area contributed by atoms with Gasteiger partial charge in [0.2, 0.25) is 5.75 Å². The van der Waals surface area contributed by atoms with Crippen molar-refractivity contribution in [2.24, 2.45) is 0 Å². The van der Waals surface area contributed by atoms with Gasteiger partial charge in [-0.05, 0) is 12.5 Å². The van der Waals surface area contributed by atoms with Gasteiger partial charge in [0, 0.05) is 18.1 Å². The predicted octanol–water partition coefficient (Wildman–Crippen LogP) is 1.20. The highest BCUT2D eigenvalue weighted by Gasteiger charge is 2.30. The molecule has 0 spiro atoms. The number of nitro benzene ring substituents is 1. The topological polar surface area (TPSA) is 72.6 Å². The van der Waals surface area contributed by atoms with E-state index in [2.05, 4.69) is 0 Å². The van der Waals surface area contributed by atoms with E-state index in [9.17, 15) is 10.1 Å². The Morgan fingerprint density at radius 2 is 2.40 bits per heavy atom. The molecule has 5 heteroatoms. The van der Waals surface area contributed by atoms with Gasteiger partial charge in [0.25, 0.3) is 0 Å². The number of aryl methyl sites for hydroxylation is 1. The molecule has 1 aromatic carbocycles. The Kier molecular flexibility index (Phi) is 2.32. The van der Waals surface area contributed by atoms with Gasteiger partial charge in [-0.1, -0.05) is 6.07 Å². The Bertz CT molecular complexity index is 416. The maximum Gasteiger partial charge on any atom is 0.311 e. The van der Waals surface area contributed by atoms with Crippen LogP contribution in [0.25, 0.3) is 0 Å². The van der Waals surface area contributed by atoms with E-state index in [1.54, 1.807) is 6.07 Å². The lowest BCUT2D eigenvalue weighted by molar-refractivity contribution is -0.385. The van der Waals surface area contributed by atoms with Gasteiger partial charge in [-0.15, -0.1) is 0 Å². The first-order chi connectivity index (χ1) is 7.13. The number of nitro groups is 1. The molecule has 0 amide bonds. The summed E-state index contributed by atoms with van der Waals surface area (Å²) in [5.41, 5.74) is 1.78. The molecule has 0 saturated heterocycles. The molecule has 1 aliphatic rings. The molecule has 5 nitrogen and oxygen atoms in total. The molecule has 0 saturated carbocycles. The molecular weight excluding hydrogens is 198 g/mol. The summed E-state index contributed by atoms with van der Waals surface area (Å²) < 4.78 is 5.34. The second kappa shape index (κ2) is 3.51. The van der Waals surface area contributed by atoms with Crippen LogP contribution in [0.2, 0.25) is 0 Å². The van der Waals surface area contributed by atoms with Crippen LogP contribution >= 0.6 is 0 Å². The number of hydrogen-bond donors (Lipinski definition) is 1. The SMILES string of the molecule is Cc1ccc([N+](=O)[O-])c2c1CC(CO)O2. The molecular formula is C10H11NO4. The number of rotatable bonds is 2. The maximum absolute atomic E-state index is 10.7. The smallest absolute Gasteiger partial charge is 0.311 e.